The maximum atomic E-state index is 6.04. The van der Waals surface area contributed by atoms with Gasteiger partial charge in [0.05, 0.1) is 0 Å². The van der Waals surface area contributed by atoms with Crippen molar-refractivity contribution in [2.75, 3.05) is 13.1 Å². The minimum absolute atomic E-state index is 0.740. The van der Waals surface area contributed by atoms with Gasteiger partial charge in [-0.25, -0.2) is 0 Å². The quantitative estimate of drug-likeness (QED) is 0.826. The molecule has 19 heavy (non-hydrogen) atoms. The molecule has 0 amide bonds. The lowest BCUT2D eigenvalue weighted by Crippen LogP contribution is -2.14. The van der Waals surface area contributed by atoms with Crippen LogP contribution in [0.2, 0.25) is 5.02 Å². The van der Waals surface area contributed by atoms with Crippen molar-refractivity contribution in [3.63, 3.8) is 0 Å². The molecule has 3 nitrogen and oxygen atoms in total. The van der Waals surface area contributed by atoms with Crippen molar-refractivity contribution in [1.82, 2.24) is 15.5 Å². The molecular weight excluding hydrogens is 278 g/mol. The molecule has 2 rings (SSSR count). The molecule has 0 saturated heterocycles. The summed E-state index contributed by atoms with van der Waals surface area (Å²) in [5, 5.41) is 14.6. The maximum absolute atomic E-state index is 6.04. The molecule has 0 aliphatic heterocycles. The molecule has 0 atom stereocenters. The third kappa shape index (κ3) is 4.00. The van der Waals surface area contributed by atoms with Gasteiger partial charge in [0.2, 0.25) is 0 Å². The average Bonchev–Trinajstić information content (AvgIpc) is 2.86. The van der Waals surface area contributed by atoms with Crippen molar-refractivity contribution in [1.29, 1.82) is 0 Å². The van der Waals surface area contributed by atoms with E-state index in [0.717, 1.165) is 46.5 Å². The highest BCUT2D eigenvalue weighted by molar-refractivity contribution is 7.14. The van der Waals surface area contributed by atoms with Crippen LogP contribution in [0.4, 0.5) is 0 Å². The van der Waals surface area contributed by atoms with Crippen LogP contribution in [0.25, 0.3) is 10.6 Å². The largest absolute Gasteiger partial charge is 0.317 e. The molecule has 0 saturated carbocycles. The number of nitrogens with zero attached hydrogens (tertiary/aromatic N) is 2. The summed E-state index contributed by atoms with van der Waals surface area (Å²) in [7, 11) is 0. The number of hydrogen-bond acceptors (Lipinski definition) is 4. The van der Waals surface area contributed by atoms with Gasteiger partial charge in [0.1, 0.15) is 10.0 Å². The van der Waals surface area contributed by atoms with Crippen molar-refractivity contribution in [3.8, 4) is 10.6 Å². The fourth-order valence-corrected chi connectivity index (χ4v) is 2.96. The number of halogens is 1. The average molecular weight is 296 g/mol. The SMILES string of the molecule is CCNCCCc1nnc(-c2cc(Cl)ccc2C)s1. The minimum atomic E-state index is 0.740. The fourth-order valence-electron chi connectivity index (χ4n) is 1.83. The van der Waals surface area contributed by atoms with Gasteiger partial charge in [-0.1, -0.05) is 35.9 Å². The van der Waals surface area contributed by atoms with E-state index in [9.17, 15) is 0 Å². The van der Waals surface area contributed by atoms with Crippen molar-refractivity contribution < 1.29 is 0 Å². The zero-order valence-corrected chi connectivity index (χ0v) is 12.8. The first-order valence-corrected chi connectivity index (χ1v) is 7.69. The van der Waals surface area contributed by atoms with E-state index in [1.54, 1.807) is 11.3 Å². The maximum Gasteiger partial charge on any atom is 0.148 e. The number of benzene rings is 1. The topological polar surface area (TPSA) is 37.8 Å². The van der Waals surface area contributed by atoms with E-state index in [4.69, 9.17) is 11.6 Å². The number of aromatic nitrogens is 2. The second kappa shape index (κ2) is 6.98. The number of nitrogens with one attached hydrogen (secondary N) is 1. The monoisotopic (exact) mass is 295 g/mol. The lowest BCUT2D eigenvalue weighted by atomic mass is 10.1. The zero-order chi connectivity index (χ0) is 13.7. The Morgan fingerprint density at radius 1 is 1.32 bits per heavy atom. The molecule has 0 fully saturated rings. The lowest BCUT2D eigenvalue weighted by molar-refractivity contribution is 0.669. The summed E-state index contributed by atoms with van der Waals surface area (Å²) in [5.41, 5.74) is 2.27. The van der Waals surface area contributed by atoms with Gasteiger partial charge >= 0.3 is 0 Å². The van der Waals surface area contributed by atoms with Crippen LogP contribution in [0.3, 0.4) is 0 Å². The predicted molar refractivity (Wildman–Crippen MR) is 82.0 cm³/mol. The number of rotatable bonds is 6. The molecular formula is C14H18ClN3S. The van der Waals surface area contributed by atoms with Gasteiger partial charge in [0.15, 0.2) is 0 Å². The summed E-state index contributed by atoms with van der Waals surface area (Å²) in [6.45, 7) is 6.23. The number of aryl methyl sites for hydroxylation is 2. The smallest absolute Gasteiger partial charge is 0.148 e. The third-order valence-electron chi connectivity index (χ3n) is 2.89. The van der Waals surface area contributed by atoms with E-state index in [-0.39, 0.29) is 0 Å². The van der Waals surface area contributed by atoms with Gasteiger partial charge in [-0.2, -0.15) is 0 Å². The van der Waals surface area contributed by atoms with Crippen LogP contribution < -0.4 is 5.32 Å². The summed E-state index contributed by atoms with van der Waals surface area (Å²) in [5.74, 6) is 0. The first-order chi connectivity index (χ1) is 9.20. The highest BCUT2D eigenvalue weighted by Crippen LogP contribution is 2.29. The van der Waals surface area contributed by atoms with Crippen LogP contribution >= 0.6 is 22.9 Å². The number of hydrogen-bond donors (Lipinski definition) is 1. The summed E-state index contributed by atoms with van der Waals surface area (Å²) < 4.78 is 0. The van der Waals surface area contributed by atoms with E-state index in [1.165, 1.54) is 5.56 Å². The van der Waals surface area contributed by atoms with Crippen LogP contribution in [0, 0.1) is 6.92 Å². The Morgan fingerprint density at radius 2 is 2.16 bits per heavy atom. The Kier molecular flexibility index (Phi) is 5.31. The molecule has 1 aromatic heterocycles. The van der Waals surface area contributed by atoms with Gasteiger partial charge in [-0.3, -0.25) is 0 Å². The molecule has 1 aromatic carbocycles. The van der Waals surface area contributed by atoms with Crippen molar-refractivity contribution in [2.24, 2.45) is 0 Å². The van der Waals surface area contributed by atoms with Gasteiger partial charge < -0.3 is 5.32 Å². The van der Waals surface area contributed by atoms with Crippen LogP contribution in [0.5, 0.6) is 0 Å². The Balaban J connectivity index is 2.06. The van der Waals surface area contributed by atoms with Gasteiger partial charge in [0.25, 0.3) is 0 Å². The predicted octanol–water partition coefficient (Wildman–Crippen LogP) is 3.71. The van der Waals surface area contributed by atoms with Crippen LogP contribution in [0.1, 0.15) is 23.9 Å². The lowest BCUT2D eigenvalue weighted by Gasteiger charge is -2.01. The molecule has 0 bridgehead atoms. The summed E-state index contributed by atoms with van der Waals surface area (Å²) in [6, 6.07) is 5.88. The molecule has 102 valence electrons. The molecule has 0 aliphatic rings. The summed E-state index contributed by atoms with van der Waals surface area (Å²) in [4.78, 5) is 0. The third-order valence-corrected chi connectivity index (χ3v) is 4.14. The van der Waals surface area contributed by atoms with Crippen molar-refractivity contribution in [2.45, 2.75) is 26.7 Å². The van der Waals surface area contributed by atoms with Gasteiger partial charge in [-0.15, -0.1) is 10.2 Å². The van der Waals surface area contributed by atoms with Crippen LogP contribution in [0.15, 0.2) is 18.2 Å². The molecule has 0 spiro atoms. The molecule has 0 radical (unpaired) electrons. The Labute approximate surface area is 123 Å². The standard InChI is InChI=1S/C14H18ClN3S/c1-3-16-8-4-5-13-17-18-14(19-13)12-9-11(15)7-6-10(12)2/h6-7,9,16H,3-5,8H2,1-2H3. The van der Waals surface area contributed by atoms with Crippen LogP contribution in [-0.4, -0.2) is 23.3 Å². The second-order valence-corrected chi connectivity index (χ2v) is 5.92. The molecule has 0 aliphatic carbocycles. The van der Waals surface area contributed by atoms with Crippen LogP contribution in [-0.2, 0) is 6.42 Å². The molecule has 1 N–H and O–H groups in total. The first kappa shape index (κ1) is 14.4. The van der Waals surface area contributed by atoms with E-state index in [1.807, 2.05) is 18.2 Å². The Bertz CT molecular complexity index is 539. The van der Waals surface area contributed by atoms with Crippen molar-refractivity contribution >= 4 is 22.9 Å². The first-order valence-electron chi connectivity index (χ1n) is 6.50. The van der Waals surface area contributed by atoms with E-state index < -0.39 is 0 Å². The Hall–Kier alpha value is -0.970. The molecule has 0 unspecified atom stereocenters. The highest BCUT2D eigenvalue weighted by atomic mass is 35.5. The summed E-state index contributed by atoms with van der Waals surface area (Å²) in [6.07, 6.45) is 2.07. The minimum Gasteiger partial charge on any atom is -0.317 e. The fraction of sp³-hybridized carbons (Fsp3) is 0.429. The van der Waals surface area contributed by atoms with E-state index in [2.05, 4.69) is 29.4 Å². The molecule has 2 aromatic rings. The van der Waals surface area contributed by atoms with E-state index in [0.29, 0.717) is 0 Å². The van der Waals surface area contributed by atoms with E-state index >= 15 is 0 Å². The highest BCUT2D eigenvalue weighted by Gasteiger charge is 2.09. The Morgan fingerprint density at radius 3 is 2.95 bits per heavy atom. The summed E-state index contributed by atoms with van der Waals surface area (Å²) >= 11 is 7.70. The zero-order valence-electron chi connectivity index (χ0n) is 11.2. The molecule has 5 heteroatoms. The van der Waals surface area contributed by atoms with Gasteiger partial charge in [-0.05, 0) is 44.1 Å². The van der Waals surface area contributed by atoms with Gasteiger partial charge in [0, 0.05) is 17.0 Å². The molecule has 1 heterocycles. The normalized spacial score (nSPS) is 10.9. The second-order valence-electron chi connectivity index (χ2n) is 4.42. The van der Waals surface area contributed by atoms with Crippen molar-refractivity contribution in [3.05, 3.63) is 33.8 Å².